The fourth-order valence-corrected chi connectivity index (χ4v) is 0.884. The van der Waals surface area contributed by atoms with Gasteiger partial charge in [-0.25, -0.2) is 4.79 Å². The van der Waals surface area contributed by atoms with Crippen LogP contribution in [0.5, 0.6) is 0 Å². The molecule has 0 aliphatic rings. The van der Waals surface area contributed by atoms with Gasteiger partial charge < -0.3 is 20.0 Å². The predicted molar refractivity (Wildman–Crippen MR) is 36.2 cm³/mol. The number of carbonyl (C=O) groups is 2. The molecule has 68 valence electrons. The van der Waals surface area contributed by atoms with E-state index in [9.17, 15) is 20.0 Å². The maximum absolute atomic E-state index is 10.7. The van der Waals surface area contributed by atoms with E-state index in [0.29, 0.717) is 0 Å². The minimum absolute atomic E-state index is 0. The van der Waals surface area contributed by atoms with Crippen molar-refractivity contribution in [3.05, 3.63) is 35.4 Å². The van der Waals surface area contributed by atoms with E-state index >= 15 is 0 Å². The predicted octanol–water partition coefficient (Wildman–Crippen LogP) is -7.51. The van der Waals surface area contributed by atoms with Crippen LogP contribution in [0.1, 0.15) is 20.7 Å². The molecular weight excluding hydrogens is 254 g/mol. The number of hydrogen-bond donors (Lipinski definition) is 0. The Morgan fingerprint density at radius 2 is 1.53 bits per heavy atom. The first-order valence-corrected chi connectivity index (χ1v) is 3.31. The largest absolute Gasteiger partial charge is 1.00 e. The summed E-state index contributed by atoms with van der Waals surface area (Å²) in [6.07, 6.45) is 0. The zero-order valence-electron chi connectivity index (χ0n) is 8.35. The van der Waals surface area contributed by atoms with E-state index in [-0.39, 0.29) is 114 Å². The minimum Gasteiger partial charge on any atom is -0.661 e. The number of carboxylic acids is 1. The van der Waals surface area contributed by atoms with Crippen LogP contribution in [-0.4, -0.2) is 11.9 Å². The van der Waals surface area contributed by atoms with E-state index in [4.69, 9.17) is 0 Å². The normalized spacial score (nSPS) is 8.07. The van der Waals surface area contributed by atoms with E-state index in [0.717, 1.165) is 6.07 Å². The summed E-state index contributed by atoms with van der Waals surface area (Å²) in [6, 6.07) is 5.15. The Labute approximate surface area is 171 Å². The molecule has 0 unspecified atom stereocenters. The van der Waals surface area contributed by atoms with Crippen LogP contribution < -0.4 is 113 Å². The van der Waals surface area contributed by atoms with E-state index in [2.05, 4.69) is 4.89 Å². The molecular formula is C8H4K2O5. The smallest absolute Gasteiger partial charge is 0.661 e. The van der Waals surface area contributed by atoms with Gasteiger partial charge in [0.2, 0.25) is 0 Å². The Morgan fingerprint density at radius 3 is 1.93 bits per heavy atom. The monoisotopic (exact) mass is 258 g/mol. The van der Waals surface area contributed by atoms with Crippen molar-refractivity contribution in [2.75, 3.05) is 0 Å². The van der Waals surface area contributed by atoms with Crippen molar-refractivity contribution in [2.45, 2.75) is 0 Å². The third kappa shape index (κ3) is 5.51. The summed E-state index contributed by atoms with van der Waals surface area (Å²) in [5.74, 6) is -2.76. The number of carbonyl (C=O) groups excluding carboxylic acids is 2. The topological polar surface area (TPSA) is 89.5 Å². The number of aromatic carboxylic acids is 1. The molecule has 0 bridgehead atoms. The van der Waals surface area contributed by atoms with Crippen molar-refractivity contribution in [3.63, 3.8) is 0 Å². The summed E-state index contributed by atoms with van der Waals surface area (Å²) in [5.41, 5.74) is -0.666. The molecule has 0 radical (unpaired) electrons. The Hall–Kier alpha value is 1.39. The van der Waals surface area contributed by atoms with Gasteiger partial charge in [0, 0.05) is 5.56 Å². The molecule has 1 rings (SSSR count). The SMILES string of the molecule is O=C([O-])c1ccccc1C(=O)O[O-].[K+].[K+]. The molecule has 1 aromatic rings. The summed E-state index contributed by atoms with van der Waals surface area (Å²) in [4.78, 5) is 24.3. The van der Waals surface area contributed by atoms with Gasteiger partial charge in [-0.1, -0.05) is 18.2 Å². The first kappa shape index (κ1) is 18.7. The van der Waals surface area contributed by atoms with Crippen LogP contribution in [0.3, 0.4) is 0 Å². The number of hydrogen-bond acceptors (Lipinski definition) is 5. The molecule has 0 amide bonds. The van der Waals surface area contributed by atoms with Gasteiger partial charge in [-0.3, -0.25) is 0 Å². The summed E-state index contributed by atoms with van der Waals surface area (Å²) < 4.78 is 0. The third-order valence-electron chi connectivity index (χ3n) is 1.44. The van der Waals surface area contributed by atoms with Gasteiger partial charge >= 0.3 is 109 Å². The van der Waals surface area contributed by atoms with Gasteiger partial charge in [0.1, 0.15) is 0 Å². The van der Waals surface area contributed by atoms with Gasteiger partial charge in [0.05, 0.1) is 11.5 Å². The Bertz CT molecular complexity index is 353. The molecule has 0 N–H and O–H groups in total. The Kier molecular flexibility index (Phi) is 11.8. The molecule has 15 heavy (non-hydrogen) atoms. The maximum atomic E-state index is 10.7. The second-order valence-corrected chi connectivity index (χ2v) is 2.20. The summed E-state index contributed by atoms with van der Waals surface area (Å²) in [5, 5.41) is 20.2. The number of benzene rings is 1. The van der Waals surface area contributed by atoms with Crippen LogP contribution in [0.15, 0.2) is 24.3 Å². The average molecular weight is 258 g/mol. The van der Waals surface area contributed by atoms with Gasteiger partial charge in [-0.15, -0.1) is 0 Å². The van der Waals surface area contributed by atoms with Gasteiger partial charge in [0.25, 0.3) is 0 Å². The average Bonchev–Trinajstić information content (AvgIpc) is 2.16. The fourth-order valence-electron chi connectivity index (χ4n) is 0.884. The second kappa shape index (κ2) is 9.43. The summed E-state index contributed by atoms with van der Waals surface area (Å²) >= 11 is 0. The molecule has 0 aliphatic carbocycles. The molecule has 0 atom stereocenters. The third-order valence-corrected chi connectivity index (χ3v) is 1.44. The van der Waals surface area contributed by atoms with E-state index in [1.54, 1.807) is 0 Å². The summed E-state index contributed by atoms with van der Waals surface area (Å²) in [7, 11) is 0. The Balaban J connectivity index is 0. The molecule has 1 aromatic carbocycles. The zero-order chi connectivity index (χ0) is 9.84. The number of rotatable bonds is 2. The van der Waals surface area contributed by atoms with Crippen molar-refractivity contribution in [3.8, 4) is 0 Å². The van der Waals surface area contributed by atoms with E-state index in [1.807, 2.05) is 0 Å². The van der Waals surface area contributed by atoms with Gasteiger partial charge in [0.15, 0.2) is 0 Å². The minimum atomic E-state index is -1.53. The van der Waals surface area contributed by atoms with Crippen LogP contribution in [0.2, 0.25) is 0 Å². The molecule has 7 heteroatoms. The Morgan fingerprint density at radius 1 is 1.07 bits per heavy atom. The first-order chi connectivity index (χ1) is 6.16. The van der Waals surface area contributed by atoms with Gasteiger partial charge in [-0.2, -0.15) is 0 Å². The molecule has 0 heterocycles. The van der Waals surface area contributed by atoms with Gasteiger partial charge in [-0.05, 0) is 6.07 Å². The fraction of sp³-hybridized carbons (Fsp3) is 0. The van der Waals surface area contributed by atoms with Crippen molar-refractivity contribution < 1.29 is 128 Å². The molecule has 0 fully saturated rings. The zero-order valence-corrected chi connectivity index (χ0v) is 14.6. The molecule has 5 nitrogen and oxygen atoms in total. The van der Waals surface area contributed by atoms with E-state index < -0.39 is 11.9 Å². The molecule has 0 aliphatic heterocycles. The standard InChI is InChI=1S/C8H6O5.2K/c9-7(10)5-3-1-2-4-6(5)8(11)13-12;;/h1-4,12H,(H,9,10);;/q;2*+1/p-2. The maximum Gasteiger partial charge on any atom is 1.00 e. The van der Waals surface area contributed by atoms with Crippen LogP contribution >= 0.6 is 0 Å². The van der Waals surface area contributed by atoms with Crippen LogP contribution in [0.4, 0.5) is 0 Å². The van der Waals surface area contributed by atoms with Crippen molar-refractivity contribution in [1.82, 2.24) is 0 Å². The van der Waals surface area contributed by atoms with Crippen LogP contribution in [-0.2, 0) is 4.89 Å². The van der Waals surface area contributed by atoms with Crippen molar-refractivity contribution >= 4 is 11.9 Å². The second-order valence-electron chi connectivity index (χ2n) is 2.20. The molecule has 0 saturated carbocycles. The summed E-state index contributed by atoms with van der Waals surface area (Å²) in [6.45, 7) is 0. The van der Waals surface area contributed by atoms with E-state index in [1.165, 1.54) is 18.2 Å². The molecule has 0 saturated heterocycles. The van der Waals surface area contributed by atoms with Crippen LogP contribution in [0.25, 0.3) is 0 Å². The van der Waals surface area contributed by atoms with Crippen molar-refractivity contribution in [2.24, 2.45) is 0 Å². The molecule has 0 aromatic heterocycles. The quantitative estimate of drug-likeness (QED) is 0.299. The van der Waals surface area contributed by atoms with Crippen LogP contribution in [0, 0.1) is 0 Å². The first-order valence-electron chi connectivity index (χ1n) is 3.31. The molecule has 0 spiro atoms. The number of carboxylic acid groups (broad SMARTS) is 1. The van der Waals surface area contributed by atoms with Crippen molar-refractivity contribution in [1.29, 1.82) is 0 Å².